The van der Waals surface area contributed by atoms with Gasteiger partial charge in [0, 0.05) is 26.2 Å². The Labute approximate surface area is 161 Å². The Morgan fingerprint density at radius 3 is 2.08 bits per heavy atom. The van der Waals surface area contributed by atoms with Crippen molar-refractivity contribution in [3.05, 3.63) is 71.3 Å². The number of carbonyl (C=O) groups excluding carboxylic acids is 1. The molecule has 1 N–H and O–H groups in total. The number of benzene rings is 2. The highest BCUT2D eigenvalue weighted by Gasteiger charge is 2.23. The summed E-state index contributed by atoms with van der Waals surface area (Å²) in [6.07, 6.45) is 0. The number of halogens is 2. The Morgan fingerprint density at radius 1 is 0.960 bits per heavy atom. The molecule has 3 rings (SSSR count). The Morgan fingerprint density at radius 2 is 1.52 bits per heavy atom. The van der Waals surface area contributed by atoms with Crippen molar-refractivity contribution < 1.29 is 9.53 Å². The fourth-order valence-corrected chi connectivity index (χ4v) is 3.11. The summed E-state index contributed by atoms with van der Waals surface area (Å²) >= 11 is 0. The lowest BCUT2D eigenvalue weighted by Crippen LogP contribution is -2.45. The minimum Gasteiger partial charge on any atom is -0.465 e. The lowest BCUT2D eigenvalue weighted by atomic mass is 9.95. The quantitative estimate of drug-likeness (QED) is 0.823. The second-order valence-corrected chi connectivity index (χ2v) is 5.71. The average Bonchev–Trinajstić information content (AvgIpc) is 2.64. The monoisotopic (exact) mass is 382 g/mol. The van der Waals surface area contributed by atoms with E-state index in [0.717, 1.165) is 26.2 Å². The largest absolute Gasteiger partial charge is 0.465 e. The fraction of sp³-hybridized carbons (Fsp3) is 0.316. The molecule has 1 fully saturated rings. The molecule has 1 aliphatic heterocycles. The number of nitrogens with zero attached hydrogens (tertiary/aromatic N) is 1. The summed E-state index contributed by atoms with van der Waals surface area (Å²) in [5, 5.41) is 3.40. The van der Waals surface area contributed by atoms with Crippen molar-refractivity contribution >= 4 is 30.8 Å². The molecule has 0 bridgehead atoms. The van der Waals surface area contributed by atoms with Crippen LogP contribution < -0.4 is 5.32 Å². The molecule has 1 unspecified atom stereocenters. The first-order valence-electron chi connectivity index (χ1n) is 7.97. The van der Waals surface area contributed by atoms with Crippen molar-refractivity contribution in [2.45, 2.75) is 6.04 Å². The van der Waals surface area contributed by atoms with Crippen molar-refractivity contribution in [1.29, 1.82) is 0 Å². The Hall–Kier alpha value is -1.59. The van der Waals surface area contributed by atoms with E-state index in [2.05, 4.69) is 34.5 Å². The highest BCUT2D eigenvalue weighted by Crippen LogP contribution is 2.29. The Bertz CT molecular complexity index is 644. The van der Waals surface area contributed by atoms with Gasteiger partial charge in [-0.25, -0.2) is 4.79 Å². The summed E-state index contributed by atoms with van der Waals surface area (Å²) in [6.45, 7) is 4.03. The number of carbonyl (C=O) groups is 1. The molecule has 1 saturated heterocycles. The smallest absolute Gasteiger partial charge is 0.337 e. The molecule has 1 heterocycles. The molecular formula is C19H24Cl2N2O2. The van der Waals surface area contributed by atoms with E-state index in [1.54, 1.807) is 0 Å². The number of rotatable bonds is 4. The summed E-state index contributed by atoms with van der Waals surface area (Å²) in [7, 11) is 1.41. The molecule has 1 aliphatic rings. The maximum absolute atomic E-state index is 11.6. The van der Waals surface area contributed by atoms with Crippen LogP contribution in [0.4, 0.5) is 0 Å². The van der Waals surface area contributed by atoms with Gasteiger partial charge in [-0.1, -0.05) is 42.5 Å². The molecule has 1 atom stereocenters. The molecular weight excluding hydrogens is 359 g/mol. The number of hydrogen-bond donors (Lipinski definition) is 1. The lowest BCUT2D eigenvalue weighted by Gasteiger charge is -2.35. The molecule has 0 aromatic heterocycles. The van der Waals surface area contributed by atoms with Gasteiger partial charge in [0.25, 0.3) is 0 Å². The second-order valence-electron chi connectivity index (χ2n) is 5.71. The third-order valence-electron chi connectivity index (χ3n) is 4.28. The number of methoxy groups -OCH3 is 1. The number of piperazine rings is 1. The molecule has 2 aromatic rings. The summed E-state index contributed by atoms with van der Waals surface area (Å²) in [5.41, 5.74) is 3.06. The Balaban J connectivity index is 0.00000156. The van der Waals surface area contributed by atoms with E-state index in [1.165, 1.54) is 18.2 Å². The van der Waals surface area contributed by atoms with Crippen molar-refractivity contribution in [1.82, 2.24) is 10.2 Å². The van der Waals surface area contributed by atoms with Gasteiger partial charge in [0.15, 0.2) is 0 Å². The molecule has 0 saturated carbocycles. The molecule has 0 radical (unpaired) electrons. The summed E-state index contributed by atoms with van der Waals surface area (Å²) in [4.78, 5) is 14.1. The van der Waals surface area contributed by atoms with Gasteiger partial charge in [-0.2, -0.15) is 0 Å². The van der Waals surface area contributed by atoms with E-state index in [0.29, 0.717) is 5.56 Å². The topological polar surface area (TPSA) is 41.6 Å². The minimum absolute atomic E-state index is 0. The zero-order valence-electron chi connectivity index (χ0n) is 14.2. The third-order valence-corrected chi connectivity index (χ3v) is 4.28. The van der Waals surface area contributed by atoms with Gasteiger partial charge >= 0.3 is 5.97 Å². The van der Waals surface area contributed by atoms with Crippen LogP contribution in [0.15, 0.2) is 54.6 Å². The molecule has 4 nitrogen and oxygen atoms in total. The number of hydrogen-bond acceptors (Lipinski definition) is 4. The molecule has 0 amide bonds. The van der Waals surface area contributed by atoms with Gasteiger partial charge in [0.2, 0.25) is 0 Å². The van der Waals surface area contributed by atoms with E-state index in [1.807, 2.05) is 30.3 Å². The van der Waals surface area contributed by atoms with Crippen LogP contribution in [-0.4, -0.2) is 44.2 Å². The third kappa shape index (κ3) is 5.19. The normalized spacial score (nSPS) is 15.4. The predicted octanol–water partition coefficient (Wildman–Crippen LogP) is 3.31. The van der Waals surface area contributed by atoms with Crippen LogP contribution in [-0.2, 0) is 4.74 Å². The Kier molecular flexibility index (Phi) is 8.93. The maximum atomic E-state index is 11.6. The molecule has 6 heteroatoms. The zero-order chi connectivity index (χ0) is 16.1. The van der Waals surface area contributed by atoms with E-state index in [-0.39, 0.29) is 36.8 Å². The molecule has 25 heavy (non-hydrogen) atoms. The van der Waals surface area contributed by atoms with E-state index >= 15 is 0 Å². The number of nitrogens with one attached hydrogen (secondary N) is 1. The van der Waals surface area contributed by atoms with Crippen LogP contribution >= 0.6 is 24.8 Å². The first-order valence-corrected chi connectivity index (χ1v) is 7.97. The number of ether oxygens (including phenoxy) is 1. The van der Waals surface area contributed by atoms with Gasteiger partial charge in [-0.05, 0) is 23.3 Å². The van der Waals surface area contributed by atoms with Gasteiger partial charge in [0.1, 0.15) is 0 Å². The summed E-state index contributed by atoms with van der Waals surface area (Å²) in [5.74, 6) is -0.296. The first kappa shape index (κ1) is 21.5. The predicted molar refractivity (Wildman–Crippen MR) is 105 cm³/mol. The van der Waals surface area contributed by atoms with Crippen LogP contribution in [0.25, 0.3) is 0 Å². The summed E-state index contributed by atoms with van der Waals surface area (Å²) in [6, 6.07) is 18.5. The number of esters is 1. The van der Waals surface area contributed by atoms with Gasteiger partial charge in [0.05, 0.1) is 18.7 Å². The molecule has 136 valence electrons. The highest BCUT2D eigenvalue weighted by molar-refractivity contribution is 5.89. The highest BCUT2D eigenvalue weighted by atomic mass is 35.5. The van der Waals surface area contributed by atoms with Crippen LogP contribution in [0.5, 0.6) is 0 Å². The standard InChI is InChI=1S/C19H22N2O2.2ClH/c1-23-19(22)17-9-7-16(8-10-17)18(15-5-3-2-4-6-15)21-13-11-20-12-14-21;;/h2-10,18,20H,11-14H2,1H3;2*1H. The first-order chi connectivity index (χ1) is 11.3. The van der Waals surface area contributed by atoms with Crippen LogP contribution in [0.1, 0.15) is 27.5 Å². The SMILES string of the molecule is COC(=O)c1ccc(C(c2ccccc2)N2CCNCC2)cc1.Cl.Cl. The maximum Gasteiger partial charge on any atom is 0.337 e. The van der Waals surface area contributed by atoms with Gasteiger partial charge in [-0.15, -0.1) is 24.8 Å². The van der Waals surface area contributed by atoms with Crippen LogP contribution in [0.2, 0.25) is 0 Å². The minimum atomic E-state index is -0.296. The van der Waals surface area contributed by atoms with E-state index < -0.39 is 0 Å². The van der Waals surface area contributed by atoms with Crippen molar-refractivity contribution in [3.8, 4) is 0 Å². The van der Waals surface area contributed by atoms with E-state index in [9.17, 15) is 4.79 Å². The molecule has 0 aliphatic carbocycles. The zero-order valence-corrected chi connectivity index (χ0v) is 15.8. The van der Waals surface area contributed by atoms with Gasteiger partial charge < -0.3 is 10.1 Å². The van der Waals surface area contributed by atoms with Crippen molar-refractivity contribution in [2.24, 2.45) is 0 Å². The van der Waals surface area contributed by atoms with Crippen molar-refractivity contribution in [2.75, 3.05) is 33.3 Å². The molecule has 2 aromatic carbocycles. The van der Waals surface area contributed by atoms with Crippen LogP contribution in [0, 0.1) is 0 Å². The lowest BCUT2D eigenvalue weighted by molar-refractivity contribution is 0.0600. The van der Waals surface area contributed by atoms with Gasteiger partial charge in [-0.3, -0.25) is 4.90 Å². The van der Waals surface area contributed by atoms with Crippen molar-refractivity contribution in [3.63, 3.8) is 0 Å². The molecule has 0 spiro atoms. The van der Waals surface area contributed by atoms with E-state index in [4.69, 9.17) is 4.74 Å². The fourth-order valence-electron chi connectivity index (χ4n) is 3.11. The second kappa shape index (κ2) is 10.4. The van der Waals surface area contributed by atoms with Crippen LogP contribution in [0.3, 0.4) is 0 Å². The average molecular weight is 383 g/mol. The summed E-state index contributed by atoms with van der Waals surface area (Å²) < 4.78 is 4.78.